The molecule has 3 nitrogen and oxygen atoms in total. The molecule has 3 heteroatoms. The number of carbonyl (C=O) groups is 1. The lowest BCUT2D eigenvalue weighted by atomic mass is 10.0. The Hall–Kier alpha value is -1.74. The summed E-state index contributed by atoms with van der Waals surface area (Å²) >= 11 is 0. The molecule has 0 aliphatic carbocycles. The number of hydrogen-bond acceptors (Lipinski definition) is 3. The van der Waals surface area contributed by atoms with Gasteiger partial charge < -0.3 is 4.74 Å². The van der Waals surface area contributed by atoms with Crippen LogP contribution in [0.3, 0.4) is 0 Å². The van der Waals surface area contributed by atoms with Crippen molar-refractivity contribution in [1.29, 1.82) is 0 Å². The highest BCUT2D eigenvalue weighted by Crippen LogP contribution is 2.27. The second kappa shape index (κ2) is 4.26. The van der Waals surface area contributed by atoms with Crippen molar-refractivity contribution in [3.05, 3.63) is 42.1 Å². The average Bonchev–Trinajstić information content (AvgIpc) is 2.38. The molecule has 1 fully saturated rings. The first-order valence-corrected chi connectivity index (χ1v) is 5.81. The van der Waals surface area contributed by atoms with Crippen molar-refractivity contribution >= 4 is 16.7 Å². The lowest BCUT2D eigenvalue weighted by Gasteiger charge is -2.22. The third-order valence-electron chi connectivity index (χ3n) is 3.10. The van der Waals surface area contributed by atoms with Gasteiger partial charge in [-0.25, -0.2) is 0 Å². The molecule has 0 radical (unpaired) electrons. The highest BCUT2D eigenvalue weighted by molar-refractivity contribution is 5.81. The van der Waals surface area contributed by atoms with E-state index in [0.29, 0.717) is 19.4 Å². The van der Waals surface area contributed by atoms with Gasteiger partial charge in [-0.1, -0.05) is 18.2 Å². The zero-order chi connectivity index (χ0) is 11.7. The number of hydrogen-bond donors (Lipinski definition) is 0. The van der Waals surface area contributed by atoms with Crippen LogP contribution in [0, 0.1) is 0 Å². The third kappa shape index (κ3) is 2.06. The monoisotopic (exact) mass is 227 g/mol. The lowest BCUT2D eigenvalue weighted by Crippen LogP contribution is -2.19. The van der Waals surface area contributed by atoms with Crippen LogP contribution in [0.15, 0.2) is 36.5 Å². The van der Waals surface area contributed by atoms with E-state index in [4.69, 9.17) is 4.74 Å². The van der Waals surface area contributed by atoms with Crippen molar-refractivity contribution in [3.63, 3.8) is 0 Å². The summed E-state index contributed by atoms with van der Waals surface area (Å²) in [6.45, 7) is 0.524. The van der Waals surface area contributed by atoms with E-state index in [2.05, 4.69) is 11.1 Å². The first-order chi connectivity index (χ1) is 8.33. The van der Waals surface area contributed by atoms with Crippen LogP contribution in [-0.4, -0.2) is 17.4 Å². The van der Waals surface area contributed by atoms with Crippen LogP contribution in [0.25, 0.3) is 10.9 Å². The van der Waals surface area contributed by atoms with Gasteiger partial charge in [-0.05, 0) is 12.1 Å². The van der Waals surface area contributed by atoms with Crippen molar-refractivity contribution in [3.8, 4) is 0 Å². The fraction of sp³-hybridized carbons (Fsp3) is 0.286. The van der Waals surface area contributed by atoms with Crippen molar-refractivity contribution in [2.24, 2.45) is 0 Å². The van der Waals surface area contributed by atoms with Crippen LogP contribution in [0.5, 0.6) is 0 Å². The molecule has 1 aromatic carbocycles. The van der Waals surface area contributed by atoms with Crippen LogP contribution >= 0.6 is 0 Å². The van der Waals surface area contributed by atoms with Gasteiger partial charge in [-0.2, -0.15) is 0 Å². The highest BCUT2D eigenvalue weighted by Gasteiger charge is 2.21. The molecule has 3 rings (SSSR count). The number of benzene rings is 1. The maximum atomic E-state index is 11.4. The van der Waals surface area contributed by atoms with Crippen molar-refractivity contribution < 1.29 is 9.53 Å². The zero-order valence-corrected chi connectivity index (χ0v) is 9.43. The number of rotatable bonds is 1. The van der Waals surface area contributed by atoms with Gasteiger partial charge in [-0.3, -0.25) is 9.78 Å². The minimum absolute atomic E-state index is 0.117. The Balaban J connectivity index is 1.97. The highest BCUT2D eigenvalue weighted by atomic mass is 16.5. The summed E-state index contributed by atoms with van der Waals surface area (Å²) < 4.78 is 5.62. The van der Waals surface area contributed by atoms with Gasteiger partial charge in [0.1, 0.15) is 5.78 Å². The molecule has 2 heterocycles. The van der Waals surface area contributed by atoms with E-state index in [9.17, 15) is 4.79 Å². The summed E-state index contributed by atoms with van der Waals surface area (Å²) in [6.07, 6.45) is 2.71. The molecule has 1 unspecified atom stereocenters. The van der Waals surface area contributed by atoms with Crippen molar-refractivity contribution in [2.45, 2.75) is 18.9 Å². The Morgan fingerprint density at radius 3 is 3.06 bits per heavy atom. The topological polar surface area (TPSA) is 39.2 Å². The molecule has 86 valence electrons. The van der Waals surface area contributed by atoms with Crippen LogP contribution in [0.4, 0.5) is 0 Å². The number of ketones is 1. The molecule has 1 saturated heterocycles. The number of ether oxygens (including phenoxy) is 1. The third-order valence-corrected chi connectivity index (χ3v) is 3.10. The van der Waals surface area contributed by atoms with Crippen molar-refractivity contribution in [1.82, 2.24) is 4.98 Å². The van der Waals surface area contributed by atoms with E-state index in [1.54, 1.807) is 0 Å². The molecule has 1 aliphatic heterocycles. The van der Waals surface area contributed by atoms with Crippen LogP contribution in [-0.2, 0) is 9.53 Å². The summed E-state index contributed by atoms with van der Waals surface area (Å²) in [5.74, 6) is 0.273. The van der Waals surface area contributed by atoms with Gasteiger partial charge in [-0.15, -0.1) is 0 Å². The standard InChI is InChI=1S/C14H13NO2/c16-12-5-6-17-14(8-12)11-7-10-3-1-2-4-13(10)15-9-11/h1-4,7,9,14H,5-6,8H2. The Labute approximate surface area is 99.4 Å². The summed E-state index contributed by atoms with van der Waals surface area (Å²) in [6, 6.07) is 10.0. The Morgan fingerprint density at radius 1 is 1.29 bits per heavy atom. The second-order valence-corrected chi connectivity index (χ2v) is 4.31. The predicted molar refractivity (Wildman–Crippen MR) is 64.7 cm³/mol. The number of carbonyl (C=O) groups excluding carboxylic acids is 1. The van der Waals surface area contributed by atoms with Gasteiger partial charge in [0.15, 0.2) is 0 Å². The molecular weight excluding hydrogens is 214 g/mol. The van der Waals surface area contributed by atoms with Crippen molar-refractivity contribution in [2.75, 3.05) is 6.61 Å². The molecule has 1 atom stereocenters. The maximum absolute atomic E-state index is 11.4. The predicted octanol–water partition coefficient (Wildman–Crippen LogP) is 2.66. The fourth-order valence-electron chi connectivity index (χ4n) is 2.16. The molecule has 2 aromatic rings. The molecular formula is C14H13NO2. The SMILES string of the molecule is O=C1CCOC(c2cnc3ccccc3c2)C1. The second-order valence-electron chi connectivity index (χ2n) is 4.31. The summed E-state index contributed by atoms with van der Waals surface area (Å²) in [5, 5.41) is 1.09. The van der Waals surface area contributed by atoms with Crippen LogP contribution in [0.1, 0.15) is 24.5 Å². The van der Waals surface area contributed by atoms with E-state index >= 15 is 0 Å². The fourth-order valence-corrected chi connectivity index (χ4v) is 2.16. The van der Waals surface area contributed by atoms with Gasteiger partial charge in [0.2, 0.25) is 0 Å². The maximum Gasteiger partial charge on any atom is 0.138 e. The van der Waals surface area contributed by atoms with Gasteiger partial charge in [0, 0.05) is 30.0 Å². The first kappa shape index (κ1) is 10.4. The summed E-state index contributed by atoms with van der Waals surface area (Å²) in [5.41, 5.74) is 1.97. The summed E-state index contributed by atoms with van der Waals surface area (Å²) in [7, 11) is 0. The van der Waals surface area contributed by atoms with E-state index < -0.39 is 0 Å². The largest absolute Gasteiger partial charge is 0.373 e. The van der Waals surface area contributed by atoms with E-state index in [1.165, 1.54) is 0 Å². The van der Waals surface area contributed by atoms with E-state index in [0.717, 1.165) is 16.5 Å². The molecule has 1 aromatic heterocycles. The lowest BCUT2D eigenvalue weighted by molar-refractivity contribution is -0.128. The van der Waals surface area contributed by atoms with E-state index in [1.807, 2.05) is 30.5 Å². The smallest absolute Gasteiger partial charge is 0.138 e. The Kier molecular flexibility index (Phi) is 2.61. The van der Waals surface area contributed by atoms with E-state index in [-0.39, 0.29) is 11.9 Å². The molecule has 0 amide bonds. The van der Waals surface area contributed by atoms with Gasteiger partial charge >= 0.3 is 0 Å². The minimum Gasteiger partial charge on any atom is -0.373 e. The quantitative estimate of drug-likeness (QED) is 0.751. The molecule has 17 heavy (non-hydrogen) atoms. The molecule has 0 N–H and O–H groups in total. The first-order valence-electron chi connectivity index (χ1n) is 5.81. The van der Waals surface area contributed by atoms with Gasteiger partial charge in [0.25, 0.3) is 0 Å². The Morgan fingerprint density at radius 2 is 2.18 bits per heavy atom. The number of aromatic nitrogens is 1. The number of para-hydroxylation sites is 1. The average molecular weight is 227 g/mol. The molecule has 1 aliphatic rings. The number of nitrogens with zero attached hydrogens (tertiary/aromatic N) is 1. The summed E-state index contributed by atoms with van der Waals surface area (Å²) in [4.78, 5) is 15.8. The Bertz CT molecular complexity index is 565. The number of fused-ring (bicyclic) bond motifs is 1. The number of Topliss-reactive ketones (excluding diaryl/α,β-unsaturated/α-hetero) is 1. The minimum atomic E-state index is -0.117. The van der Waals surface area contributed by atoms with Crippen LogP contribution in [0.2, 0.25) is 0 Å². The van der Waals surface area contributed by atoms with Gasteiger partial charge in [0.05, 0.1) is 18.2 Å². The molecule has 0 bridgehead atoms. The van der Waals surface area contributed by atoms with Crippen LogP contribution < -0.4 is 0 Å². The number of pyridine rings is 1. The zero-order valence-electron chi connectivity index (χ0n) is 9.43. The molecule has 0 spiro atoms. The normalized spacial score (nSPS) is 20.7. The molecule has 0 saturated carbocycles.